The third-order valence-corrected chi connectivity index (χ3v) is 5.75. The molecule has 3 rings (SSSR count). The number of hydrogen-bond acceptors (Lipinski definition) is 4. The Hall–Kier alpha value is -2.77. The van der Waals surface area contributed by atoms with E-state index in [2.05, 4.69) is 4.98 Å². The van der Waals surface area contributed by atoms with Crippen molar-refractivity contribution in [1.82, 2.24) is 9.55 Å². The summed E-state index contributed by atoms with van der Waals surface area (Å²) in [5.41, 5.74) is 0.0932. The van der Waals surface area contributed by atoms with Gasteiger partial charge in [0.05, 0.1) is 29.4 Å². The SMILES string of the molecule is CCC(C)C(CO)n1cc(C(=O)O)c(=O)c2cc(Cc3cccc(Cl)c3F)ncc21. The summed E-state index contributed by atoms with van der Waals surface area (Å²) in [4.78, 5) is 28.8. The van der Waals surface area contributed by atoms with Crippen molar-refractivity contribution in [2.45, 2.75) is 32.7 Å². The molecule has 3 aromatic rings. The van der Waals surface area contributed by atoms with Gasteiger partial charge in [-0.15, -0.1) is 0 Å². The van der Waals surface area contributed by atoms with Gasteiger partial charge in [-0.1, -0.05) is 44.0 Å². The number of nitrogens with zero attached hydrogens (tertiary/aromatic N) is 2. The number of hydrogen-bond donors (Lipinski definition) is 2. The molecule has 2 atom stereocenters. The van der Waals surface area contributed by atoms with Crippen molar-refractivity contribution < 1.29 is 19.4 Å². The first-order valence-corrected chi connectivity index (χ1v) is 9.97. The van der Waals surface area contributed by atoms with Gasteiger partial charge in [-0.2, -0.15) is 0 Å². The van der Waals surface area contributed by atoms with Crippen LogP contribution in [0.4, 0.5) is 4.39 Å². The zero-order valence-corrected chi connectivity index (χ0v) is 17.4. The maximum Gasteiger partial charge on any atom is 0.341 e. The molecule has 0 aliphatic rings. The van der Waals surface area contributed by atoms with Crippen LogP contribution in [0.2, 0.25) is 5.02 Å². The number of halogens is 2. The summed E-state index contributed by atoms with van der Waals surface area (Å²) in [5, 5.41) is 19.6. The molecule has 30 heavy (non-hydrogen) atoms. The quantitative estimate of drug-likeness (QED) is 0.587. The Morgan fingerprint density at radius 3 is 2.73 bits per heavy atom. The highest BCUT2D eigenvalue weighted by Gasteiger charge is 2.23. The Bertz CT molecular complexity index is 1160. The normalized spacial score (nSPS) is 13.4. The molecule has 0 fully saturated rings. The summed E-state index contributed by atoms with van der Waals surface area (Å²) in [5.74, 6) is -1.88. The van der Waals surface area contributed by atoms with Crippen molar-refractivity contribution in [1.29, 1.82) is 0 Å². The highest BCUT2D eigenvalue weighted by Crippen LogP contribution is 2.26. The predicted octanol–water partition coefficient (Wildman–Crippen LogP) is 4.06. The Morgan fingerprint density at radius 2 is 2.10 bits per heavy atom. The maximum atomic E-state index is 14.3. The average Bonchev–Trinajstić information content (AvgIpc) is 2.73. The van der Waals surface area contributed by atoms with Crippen molar-refractivity contribution in [3.05, 3.63) is 74.5 Å². The number of benzene rings is 1. The lowest BCUT2D eigenvalue weighted by Crippen LogP contribution is -2.26. The number of carboxylic acid groups (broad SMARTS) is 1. The number of aliphatic hydroxyl groups excluding tert-OH is 1. The number of aliphatic hydroxyl groups is 1. The molecule has 0 radical (unpaired) electrons. The Morgan fingerprint density at radius 1 is 1.37 bits per heavy atom. The summed E-state index contributed by atoms with van der Waals surface area (Å²) in [7, 11) is 0. The van der Waals surface area contributed by atoms with Crippen molar-refractivity contribution in [2.24, 2.45) is 5.92 Å². The van der Waals surface area contributed by atoms with Gasteiger partial charge in [-0.25, -0.2) is 9.18 Å². The van der Waals surface area contributed by atoms with Crippen LogP contribution >= 0.6 is 11.6 Å². The first-order chi connectivity index (χ1) is 14.3. The van der Waals surface area contributed by atoms with E-state index in [9.17, 15) is 24.2 Å². The van der Waals surface area contributed by atoms with E-state index in [-0.39, 0.29) is 29.4 Å². The van der Waals surface area contributed by atoms with E-state index in [1.165, 1.54) is 24.5 Å². The second-order valence-corrected chi connectivity index (χ2v) is 7.71. The molecule has 0 amide bonds. The zero-order chi connectivity index (χ0) is 22.0. The van der Waals surface area contributed by atoms with Crippen LogP contribution < -0.4 is 5.43 Å². The van der Waals surface area contributed by atoms with E-state index in [1.54, 1.807) is 16.7 Å². The zero-order valence-electron chi connectivity index (χ0n) is 16.6. The molecule has 8 heteroatoms. The molecule has 2 heterocycles. The molecule has 0 spiro atoms. The number of aromatic carboxylic acids is 1. The molecule has 0 aliphatic carbocycles. The Labute approximate surface area is 177 Å². The molecular formula is C22H22ClFN2O4. The lowest BCUT2D eigenvalue weighted by Gasteiger charge is -2.26. The van der Waals surface area contributed by atoms with Crippen molar-refractivity contribution >= 4 is 28.5 Å². The van der Waals surface area contributed by atoms with Gasteiger partial charge in [0.25, 0.3) is 0 Å². The maximum absolute atomic E-state index is 14.3. The first kappa shape index (κ1) is 21.9. The molecule has 0 saturated heterocycles. The standard InChI is InChI=1S/C22H22ClFN2O4/c1-3-12(2)19(11-27)26-10-16(22(29)30)21(28)15-8-14(25-9-18(15)26)7-13-5-4-6-17(23)20(13)24/h4-6,8-10,12,19,27H,3,7,11H2,1-2H3,(H,29,30). The van der Waals surface area contributed by atoms with Gasteiger partial charge in [0.1, 0.15) is 11.4 Å². The number of carbonyl (C=O) groups is 1. The topological polar surface area (TPSA) is 92.4 Å². The van der Waals surface area contributed by atoms with Crippen LogP contribution in [0, 0.1) is 11.7 Å². The lowest BCUT2D eigenvalue weighted by atomic mass is 9.98. The smallest absolute Gasteiger partial charge is 0.341 e. The molecule has 0 bridgehead atoms. The van der Waals surface area contributed by atoms with E-state index in [1.807, 2.05) is 13.8 Å². The minimum absolute atomic E-state index is 0.0110. The summed E-state index contributed by atoms with van der Waals surface area (Å²) >= 11 is 5.83. The van der Waals surface area contributed by atoms with Crippen LogP contribution in [0.1, 0.15) is 47.9 Å². The van der Waals surface area contributed by atoms with Crippen molar-refractivity contribution in [3.8, 4) is 0 Å². The monoisotopic (exact) mass is 432 g/mol. The fourth-order valence-corrected chi connectivity index (χ4v) is 3.70. The minimum Gasteiger partial charge on any atom is -0.477 e. The second kappa shape index (κ2) is 8.93. The van der Waals surface area contributed by atoms with Gasteiger partial charge in [-0.05, 0) is 23.6 Å². The summed E-state index contributed by atoms with van der Waals surface area (Å²) < 4.78 is 15.9. The van der Waals surface area contributed by atoms with E-state index < -0.39 is 28.8 Å². The van der Waals surface area contributed by atoms with E-state index in [0.29, 0.717) is 16.8 Å². The Balaban J connectivity index is 2.20. The molecule has 2 N–H and O–H groups in total. The highest BCUT2D eigenvalue weighted by molar-refractivity contribution is 6.30. The second-order valence-electron chi connectivity index (χ2n) is 7.30. The van der Waals surface area contributed by atoms with E-state index >= 15 is 0 Å². The predicted molar refractivity (Wildman–Crippen MR) is 113 cm³/mol. The van der Waals surface area contributed by atoms with Crippen LogP contribution in [0.3, 0.4) is 0 Å². The summed E-state index contributed by atoms with van der Waals surface area (Å²) in [6.45, 7) is 3.68. The summed E-state index contributed by atoms with van der Waals surface area (Å²) in [6.07, 6.45) is 3.57. The molecule has 158 valence electrons. The van der Waals surface area contributed by atoms with Gasteiger partial charge in [0.2, 0.25) is 5.43 Å². The fraction of sp³-hybridized carbons (Fsp3) is 0.318. The number of fused-ring (bicyclic) bond motifs is 1. The van der Waals surface area contributed by atoms with Crippen LogP contribution in [-0.4, -0.2) is 32.3 Å². The molecule has 0 saturated carbocycles. The van der Waals surface area contributed by atoms with E-state index in [4.69, 9.17) is 11.6 Å². The Kier molecular flexibility index (Phi) is 6.53. The van der Waals surface area contributed by atoms with Gasteiger partial charge in [0, 0.05) is 23.7 Å². The molecule has 1 aromatic carbocycles. The molecule has 2 aromatic heterocycles. The molecule has 6 nitrogen and oxygen atoms in total. The van der Waals surface area contributed by atoms with Crippen molar-refractivity contribution in [2.75, 3.05) is 6.61 Å². The number of rotatable bonds is 7. The van der Waals surface area contributed by atoms with Crippen molar-refractivity contribution in [3.63, 3.8) is 0 Å². The average molecular weight is 433 g/mol. The molecule has 2 unspecified atom stereocenters. The lowest BCUT2D eigenvalue weighted by molar-refractivity contribution is 0.0694. The summed E-state index contributed by atoms with van der Waals surface area (Å²) in [6, 6.07) is 5.69. The van der Waals surface area contributed by atoms with Gasteiger partial charge in [-0.3, -0.25) is 9.78 Å². The number of aromatic nitrogens is 2. The number of pyridine rings is 2. The highest BCUT2D eigenvalue weighted by atomic mass is 35.5. The van der Waals surface area contributed by atoms with Gasteiger partial charge >= 0.3 is 5.97 Å². The van der Waals surface area contributed by atoms with Crippen LogP contribution in [0.5, 0.6) is 0 Å². The van der Waals surface area contributed by atoms with Crippen LogP contribution in [0.25, 0.3) is 10.9 Å². The van der Waals surface area contributed by atoms with Crippen LogP contribution in [-0.2, 0) is 6.42 Å². The fourth-order valence-electron chi connectivity index (χ4n) is 3.51. The first-order valence-electron chi connectivity index (χ1n) is 9.59. The third kappa shape index (κ3) is 4.08. The van der Waals surface area contributed by atoms with E-state index in [0.717, 1.165) is 6.42 Å². The van der Waals surface area contributed by atoms with Crippen LogP contribution in [0.15, 0.2) is 41.5 Å². The minimum atomic E-state index is -1.35. The number of carboxylic acids is 1. The largest absolute Gasteiger partial charge is 0.477 e. The molecular weight excluding hydrogens is 411 g/mol. The van der Waals surface area contributed by atoms with Gasteiger partial charge in [0.15, 0.2) is 0 Å². The third-order valence-electron chi connectivity index (χ3n) is 5.45. The van der Waals surface area contributed by atoms with Gasteiger partial charge < -0.3 is 14.8 Å². The molecule has 0 aliphatic heterocycles.